The van der Waals surface area contributed by atoms with Crippen LogP contribution in [0.4, 0.5) is 4.79 Å². The summed E-state index contributed by atoms with van der Waals surface area (Å²) in [5.74, 6) is 0. The molecule has 1 aliphatic heterocycles. The molecule has 4 heteroatoms. The van der Waals surface area contributed by atoms with Crippen molar-refractivity contribution in [1.29, 1.82) is 0 Å². The monoisotopic (exact) mass is 174 g/mol. The third-order valence-electron chi connectivity index (χ3n) is 1.83. The van der Waals surface area contributed by atoms with Crippen LogP contribution in [0.1, 0.15) is 19.3 Å². The summed E-state index contributed by atoms with van der Waals surface area (Å²) < 4.78 is 14.4. The Kier molecular flexibility index (Phi) is 3.87. The summed E-state index contributed by atoms with van der Waals surface area (Å²) in [6.07, 6.45) is 2.66. The largest absolute Gasteiger partial charge is 0.508 e. The molecule has 0 aromatic rings. The van der Waals surface area contributed by atoms with Gasteiger partial charge in [-0.2, -0.15) is 0 Å². The van der Waals surface area contributed by atoms with Crippen LogP contribution in [0.2, 0.25) is 0 Å². The minimum Gasteiger partial charge on any atom is -0.438 e. The Balaban J connectivity index is 2.09. The second kappa shape index (κ2) is 4.98. The number of carbonyl (C=O) groups excluding carboxylic acids is 1. The lowest BCUT2D eigenvalue weighted by molar-refractivity contribution is -0.0340. The van der Waals surface area contributed by atoms with Crippen LogP contribution in [0.5, 0.6) is 0 Å². The maximum atomic E-state index is 10.6. The third kappa shape index (κ3) is 3.09. The maximum absolute atomic E-state index is 10.6. The van der Waals surface area contributed by atoms with E-state index in [1.165, 1.54) is 7.11 Å². The lowest BCUT2D eigenvalue weighted by Gasteiger charge is -2.21. The zero-order chi connectivity index (χ0) is 8.81. The van der Waals surface area contributed by atoms with Crippen LogP contribution in [0.15, 0.2) is 0 Å². The summed E-state index contributed by atoms with van der Waals surface area (Å²) in [5.41, 5.74) is 0. The van der Waals surface area contributed by atoms with Gasteiger partial charge in [-0.1, -0.05) is 0 Å². The first-order valence-electron chi connectivity index (χ1n) is 4.15. The Morgan fingerprint density at radius 3 is 3.00 bits per heavy atom. The SMILES string of the molecule is COC(=O)OCC1CCCCO1. The summed E-state index contributed by atoms with van der Waals surface area (Å²) in [6.45, 7) is 1.09. The normalized spacial score (nSPS) is 23.2. The van der Waals surface area contributed by atoms with Crippen LogP contribution >= 0.6 is 0 Å². The van der Waals surface area contributed by atoms with Crippen LogP contribution in [0.25, 0.3) is 0 Å². The van der Waals surface area contributed by atoms with Crippen molar-refractivity contribution in [1.82, 2.24) is 0 Å². The highest BCUT2D eigenvalue weighted by atomic mass is 16.7. The standard InChI is InChI=1S/C8H14O4/c1-10-8(9)12-6-7-4-2-3-5-11-7/h7H,2-6H2,1H3. The van der Waals surface area contributed by atoms with Gasteiger partial charge in [0.25, 0.3) is 0 Å². The minimum atomic E-state index is -0.635. The van der Waals surface area contributed by atoms with Crippen molar-refractivity contribution in [3.8, 4) is 0 Å². The van der Waals surface area contributed by atoms with E-state index in [0.29, 0.717) is 6.61 Å². The average Bonchev–Trinajstić information content (AvgIpc) is 2.16. The molecule has 1 saturated heterocycles. The van der Waals surface area contributed by atoms with E-state index in [1.54, 1.807) is 0 Å². The first-order valence-corrected chi connectivity index (χ1v) is 4.15. The van der Waals surface area contributed by atoms with Gasteiger partial charge in [-0.25, -0.2) is 4.79 Å². The summed E-state index contributed by atoms with van der Waals surface area (Å²) in [6, 6.07) is 0. The average molecular weight is 174 g/mol. The fourth-order valence-electron chi connectivity index (χ4n) is 1.16. The van der Waals surface area contributed by atoms with Gasteiger partial charge >= 0.3 is 6.16 Å². The molecule has 0 aromatic carbocycles. The molecule has 0 aliphatic carbocycles. The van der Waals surface area contributed by atoms with Gasteiger partial charge in [0, 0.05) is 6.61 Å². The lowest BCUT2D eigenvalue weighted by Crippen LogP contribution is -2.25. The lowest BCUT2D eigenvalue weighted by atomic mass is 10.1. The molecule has 0 N–H and O–H groups in total. The van der Waals surface area contributed by atoms with Crippen LogP contribution in [-0.2, 0) is 14.2 Å². The Labute approximate surface area is 71.8 Å². The molecular formula is C8H14O4. The van der Waals surface area contributed by atoms with Crippen molar-refractivity contribution in [2.45, 2.75) is 25.4 Å². The van der Waals surface area contributed by atoms with E-state index in [0.717, 1.165) is 25.9 Å². The fourth-order valence-corrected chi connectivity index (χ4v) is 1.16. The van der Waals surface area contributed by atoms with Gasteiger partial charge in [-0.3, -0.25) is 0 Å². The molecule has 0 saturated carbocycles. The van der Waals surface area contributed by atoms with Gasteiger partial charge in [-0.15, -0.1) is 0 Å². The zero-order valence-corrected chi connectivity index (χ0v) is 7.25. The number of hydrogen-bond acceptors (Lipinski definition) is 4. The van der Waals surface area contributed by atoms with Crippen molar-refractivity contribution in [3.05, 3.63) is 0 Å². The molecule has 70 valence electrons. The molecule has 1 fully saturated rings. The molecule has 1 unspecified atom stereocenters. The molecular weight excluding hydrogens is 160 g/mol. The Morgan fingerprint density at radius 2 is 2.42 bits per heavy atom. The summed E-state index contributed by atoms with van der Waals surface area (Å²) in [4.78, 5) is 10.6. The zero-order valence-electron chi connectivity index (χ0n) is 7.25. The Hall–Kier alpha value is -0.770. The van der Waals surface area contributed by atoms with Gasteiger partial charge in [-0.05, 0) is 19.3 Å². The number of rotatable bonds is 2. The summed E-state index contributed by atoms with van der Waals surface area (Å²) in [5, 5.41) is 0. The van der Waals surface area contributed by atoms with Gasteiger partial charge in [0.1, 0.15) is 6.61 Å². The molecule has 1 atom stereocenters. The van der Waals surface area contributed by atoms with E-state index in [1.807, 2.05) is 0 Å². The molecule has 1 heterocycles. The molecule has 1 rings (SSSR count). The van der Waals surface area contributed by atoms with Crippen LogP contribution in [0, 0.1) is 0 Å². The van der Waals surface area contributed by atoms with Crippen molar-refractivity contribution in [3.63, 3.8) is 0 Å². The second-order valence-electron chi connectivity index (χ2n) is 2.75. The van der Waals surface area contributed by atoms with E-state index in [2.05, 4.69) is 4.74 Å². The molecule has 4 nitrogen and oxygen atoms in total. The molecule has 1 aliphatic rings. The van der Waals surface area contributed by atoms with Crippen molar-refractivity contribution in [2.24, 2.45) is 0 Å². The number of ether oxygens (including phenoxy) is 3. The van der Waals surface area contributed by atoms with Crippen LogP contribution in [-0.4, -0.2) is 32.6 Å². The number of carbonyl (C=O) groups is 1. The predicted molar refractivity (Wildman–Crippen MR) is 41.9 cm³/mol. The van der Waals surface area contributed by atoms with E-state index >= 15 is 0 Å². The molecule has 0 bridgehead atoms. The Morgan fingerprint density at radius 1 is 1.58 bits per heavy atom. The third-order valence-corrected chi connectivity index (χ3v) is 1.83. The molecule has 0 amide bonds. The highest BCUT2D eigenvalue weighted by Crippen LogP contribution is 2.12. The predicted octanol–water partition coefficient (Wildman–Crippen LogP) is 1.34. The highest BCUT2D eigenvalue weighted by Gasteiger charge is 2.15. The fraction of sp³-hybridized carbons (Fsp3) is 0.875. The Bertz CT molecular complexity index is 140. The van der Waals surface area contributed by atoms with Crippen LogP contribution in [0.3, 0.4) is 0 Å². The molecule has 0 aromatic heterocycles. The van der Waals surface area contributed by atoms with Crippen molar-refractivity contribution < 1.29 is 19.0 Å². The van der Waals surface area contributed by atoms with Gasteiger partial charge in [0.2, 0.25) is 0 Å². The van der Waals surface area contributed by atoms with Crippen molar-refractivity contribution in [2.75, 3.05) is 20.3 Å². The molecule has 0 radical (unpaired) electrons. The van der Waals surface area contributed by atoms with Crippen LogP contribution < -0.4 is 0 Å². The van der Waals surface area contributed by atoms with E-state index in [4.69, 9.17) is 9.47 Å². The summed E-state index contributed by atoms with van der Waals surface area (Å²) in [7, 11) is 1.30. The van der Waals surface area contributed by atoms with E-state index in [9.17, 15) is 4.79 Å². The van der Waals surface area contributed by atoms with Crippen molar-refractivity contribution >= 4 is 6.16 Å². The first kappa shape index (κ1) is 9.32. The number of hydrogen-bond donors (Lipinski definition) is 0. The maximum Gasteiger partial charge on any atom is 0.508 e. The molecule has 0 spiro atoms. The topological polar surface area (TPSA) is 44.8 Å². The first-order chi connectivity index (χ1) is 5.83. The van der Waals surface area contributed by atoms with E-state index < -0.39 is 6.16 Å². The van der Waals surface area contributed by atoms with E-state index in [-0.39, 0.29) is 6.10 Å². The summed E-state index contributed by atoms with van der Waals surface area (Å²) >= 11 is 0. The minimum absolute atomic E-state index is 0.0675. The quantitative estimate of drug-likeness (QED) is 0.592. The number of methoxy groups -OCH3 is 1. The smallest absolute Gasteiger partial charge is 0.438 e. The van der Waals surface area contributed by atoms with Gasteiger partial charge < -0.3 is 14.2 Å². The molecule has 12 heavy (non-hydrogen) atoms. The van der Waals surface area contributed by atoms with Gasteiger partial charge in [0.15, 0.2) is 0 Å². The van der Waals surface area contributed by atoms with Gasteiger partial charge in [0.05, 0.1) is 13.2 Å². The highest BCUT2D eigenvalue weighted by molar-refractivity contribution is 5.59. The second-order valence-corrected chi connectivity index (χ2v) is 2.75.